The van der Waals surface area contributed by atoms with Gasteiger partial charge in [0.1, 0.15) is 11.6 Å². The molecule has 0 spiro atoms. The lowest BCUT2D eigenvalue weighted by Gasteiger charge is -2.21. The Morgan fingerprint density at radius 1 is 0.897 bits per heavy atom. The molecule has 216 valence electrons. The minimum absolute atomic E-state index is 0.0316. The van der Waals surface area contributed by atoms with Gasteiger partial charge in [-0.25, -0.2) is 4.79 Å². The van der Waals surface area contributed by atoms with Gasteiger partial charge >= 0.3 is 6.09 Å². The monoisotopic (exact) mass is 544 g/mol. The molecule has 1 aliphatic heterocycles. The maximum Gasteiger partial charge on any atom is 0.407 e. The summed E-state index contributed by atoms with van der Waals surface area (Å²) in [7, 11) is 0. The van der Waals surface area contributed by atoms with Crippen LogP contribution in [0.1, 0.15) is 97.0 Å². The van der Waals surface area contributed by atoms with Crippen LogP contribution in [-0.4, -0.2) is 47.9 Å². The second kappa shape index (κ2) is 16.5. The Morgan fingerprint density at radius 2 is 1.51 bits per heavy atom. The fourth-order valence-corrected chi connectivity index (χ4v) is 4.17. The number of unbranched alkanes of at least 4 members (excludes halogenated alkanes) is 7. The SMILES string of the molecule is CC(C)(C)OC(=O)NCCCCCCCCCCC(=O)Nc1ccc(CC(=O)NC2CCC(=O)NC2=O)cc1. The summed E-state index contributed by atoms with van der Waals surface area (Å²) in [5, 5.41) is 10.5. The first-order valence-electron chi connectivity index (χ1n) is 14.0. The summed E-state index contributed by atoms with van der Waals surface area (Å²) in [6.07, 6.45) is 9.09. The Labute approximate surface area is 231 Å². The molecule has 1 aromatic carbocycles. The van der Waals surface area contributed by atoms with E-state index in [0.717, 1.165) is 56.9 Å². The number of carbonyl (C=O) groups excluding carboxylic acids is 5. The third-order valence-corrected chi connectivity index (χ3v) is 6.18. The summed E-state index contributed by atoms with van der Waals surface area (Å²) >= 11 is 0. The molecular formula is C29H44N4O6. The van der Waals surface area contributed by atoms with Gasteiger partial charge in [0, 0.05) is 25.1 Å². The number of anilines is 1. The van der Waals surface area contributed by atoms with Crippen LogP contribution in [0.25, 0.3) is 0 Å². The zero-order chi connectivity index (χ0) is 28.7. The molecule has 1 atom stereocenters. The van der Waals surface area contributed by atoms with Gasteiger partial charge in [0.15, 0.2) is 0 Å². The van der Waals surface area contributed by atoms with E-state index in [2.05, 4.69) is 21.3 Å². The third-order valence-electron chi connectivity index (χ3n) is 6.18. The van der Waals surface area contributed by atoms with Gasteiger partial charge < -0.3 is 20.7 Å². The van der Waals surface area contributed by atoms with Crippen LogP contribution in [0, 0.1) is 0 Å². The highest BCUT2D eigenvalue weighted by molar-refractivity contribution is 6.01. The predicted molar refractivity (Wildman–Crippen MR) is 149 cm³/mol. The van der Waals surface area contributed by atoms with Gasteiger partial charge in [-0.2, -0.15) is 0 Å². The largest absolute Gasteiger partial charge is 0.444 e. The molecule has 1 saturated heterocycles. The number of ether oxygens (including phenoxy) is 1. The zero-order valence-corrected chi connectivity index (χ0v) is 23.5. The normalized spacial score (nSPS) is 15.3. The minimum atomic E-state index is -0.687. The predicted octanol–water partition coefficient (Wildman–Crippen LogP) is 4.12. The summed E-state index contributed by atoms with van der Waals surface area (Å²) in [5.74, 6) is -1.12. The Balaban J connectivity index is 1.48. The van der Waals surface area contributed by atoms with E-state index in [4.69, 9.17) is 4.74 Å². The van der Waals surface area contributed by atoms with Gasteiger partial charge in [-0.15, -0.1) is 0 Å². The van der Waals surface area contributed by atoms with Gasteiger partial charge in [0.05, 0.1) is 6.42 Å². The number of hydrogen-bond donors (Lipinski definition) is 4. The van der Waals surface area contributed by atoms with Crippen LogP contribution >= 0.6 is 0 Å². The van der Waals surface area contributed by atoms with E-state index in [1.54, 1.807) is 24.3 Å². The quantitative estimate of drug-likeness (QED) is 0.193. The number of benzene rings is 1. The van der Waals surface area contributed by atoms with E-state index >= 15 is 0 Å². The van der Waals surface area contributed by atoms with Crippen molar-refractivity contribution in [1.29, 1.82) is 0 Å². The van der Waals surface area contributed by atoms with Crippen LogP contribution in [0.5, 0.6) is 0 Å². The second-order valence-electron chi connectivity index (χ2n) is 11.0. The van der Waals surface area contributed by atoms with Crippen molar-refractivity contribution in [1.82, 2.24) is 16.0 Å². The number of amides is 5. The highest BCUT2D eigenvalue weighted by atomic mass is 16.6. The molecule has 0 saturated carbocycles. The van der Waals surface area contributed by atoms with E-state index in [1.165, 1.54) is 0 Å². The summed E-state index contributed by atoms with van der Waals surface area (Å²) < 4.78 is 5.20. The van der Waals surface area contributed by atoms with Crippen LogP contribution in [-0.2, 0) is 30.3 Å². The maximum absolute atomic E-state index is 12.2. The van der Waals surface area contributed by atoms with E-state index in [9.17, 15) is 24.0 Å². The van der Waals surface area contributed by atoms with Gasteiger partial charge in [0.2, 0.25) is 23.6 Å². The molecule has 2 rings (SSSR count). The lowest BCUT2D eigenvalue weighted by atomic mass is 10.1. The van der Waals surface area contributed by atoms with E-state index < -0.39 is 17.6 Å². The van der Waals surface area contributed by atoms with Gasteiger partial charge in [-0.1, -0.05) is 50.7 Å². The van der Waals surface area contributed by atoms with Crippen molar-refractivity contribution in [3.05, 3.63) is 29.8 Å². The first-order valence-corrected chi connectivity index (χ1v) is 14.0. The number of carbonyl (C=O) groups is 5. The number of nitrogens with one attached hydrogen (secondary N) is 4. The lowest BCUT2D eigenvalue weighted by Crippen LogP contribution is -2.52. The van der Waals surface area contributed by atoms with Gasteiger partial charge in [0.25, 0.3) is 0 Å². The summed E-state index contributed by atoms with van der Waals surface area (Å²) in [6, 6.07) is 6.37. The Hall–Kier alpha value is -3.43. The molecule has 1 heterocycles. The van der Waals surface area contributed by atoms with Crippen molar-refractivity contribution in [2.75, 3.05) is 11.9 Å². The first-order chi connectivity index (χ1) is 18.5. The van der Waals surface area contributed by atoms with Gasteiger partial charge in [-0.3, -0.25) is 24.5 Å². The van der Waals surface area contributed by atoms with Crippen molar-refractivity contribution in [3.63, 3.8) is 0 Å². The number of hydrogen-bond acceptors (Lipinski definition) is 6. The zero-order valence-electron chi connectivity index (χ0n) is 23.5. The van der Waals surface area contributed by atoms with Crippen molar-refractivity contribution in [2.45, 2.75) is 109 Å². The molecule has 1 fully saturated rings. The molecule has 0 aliphatic carbocycles. The number of rotatable bonds is 15. The van der Waals surface area contributed by atoms with Crippen LogP contribution in [0.3, 0.4) is 0 Å². The topological polar surface area (TPSA) is 143 Å². The number of alkyl carbamates (subject to hydrolysis) is 1. The second-order valence-corrected chi connectivity index (χ2v) is 11.0. The Morgan fingerprint density at radius 3 is 2.13 bits per heavy atom. The molecule has 0 aromatic heterocycles. The summed E-state index contributed by atoms with van der Waals surface area (Å²) in [6.45, 7) is 6.17. The Bertz CT molecular complexity index is 971. The minimum Gasteiger partial charge on any atom is -0.444 e. The molecule has 0 radical (unpaired) electrons. The molecule has 0 bridgehead atoms. The van der Waals surface area contributed by atoms with Crippen molar-refractivity contribution >= 4 is 35.4 Å². The number of piperidine rings is 1. The molecule has 1 aliphatic rings. The first kappa shape index (κ1) is 31.8. The Kier molecular flexibility index (Phi) is 13.5. The molecule has 10 nitrogen and oxygen atoms in total. The fourth-order valence-electron chi connectivity index (χ4n) is 4.17. The van der Waals surface area contributed by atoms with Crippen molar-refractivity contribution in [3.8, 4) is 0 Å². The molecule has 39 heavy (non-hydrogen) atoms. The van der Waals surface area contributed by atoms with E-state index in [1.807, 2.05) is 20.8 Å². The maximum atomic E-state index is 12.2. The molecule has 5 amide bonds. The average molecular weight is 545 g/mol. The standard InChI is InChI=1S/C29H44N4O6/c1-29(2,3)39-28(38)30-19-11-9-7-5-4-6-8-10-12-24(34)31-22-15-13-21(14-16-22)20-26(36)32-23-17-18-25(35)33-27(23)37/h13-16,23H,4-12,17-20H2,1-3H3,(H,30,38)(H,31,34)(H,32,36)(H,33,35,37). The van der Waals surface area contributed by atoms with Crippen LogP contribution in [0.4, 0.5) is 10.5 Å². The molecule has 1 unspecified atom stereocenters. The summed E-state index contributed by atoms with van der Waals surface area (Å²) in [5.41, 5.74) is 0.966. The fraction of sp³-hybridized carbons (Fsp3) is 0.621. The molecule has 4 N–H and O–H groups in total. The highest BCUT2D eigenvalue weighted by Crippen LogP contribution is 2.14. The van der Waals surface area contributed by atoms with E-state index in [-0.39, 0.29) is 36.7 Å². The van der Waals surface area contributed by atoms with Crippen LogP contribution < -0.4 is 21.3 Å². The lowest BCUT2D eigenvalue weighted by molar-refractivity contribution is -0.137. The number of imide groups is 1. The van der Waals surface area contributed by atoms with Crippen LogP contribution in [0.2, 0.25) is 0 Å². The van der Waals surface area contributed by atoms with Crippen molar-refractivity contribution < 1.29 is 28.7 Å². The smallest absolute Gasteiger partial charge is 0.407 e. The summed E-state index contributed by atoms with van der Waals surface area (Å²) in [4.78, 5) is 59.0. The van der Waals surface area contributed by atoms with Crippen molar-refractivity contribution in [2.24, 2.45) is 0 Å². The average Bonchev–Trinajstić information content (AvgIpc) is 2.84. The molecular weight excluding hydrogens is 500 g/mol. The highest BCUT2D eigenvalue weighted by Gasteiger charge is 2.27. The third kappa shape index (κ3) is 14.3. The van der Waals surface area contributed by atoms with Gasteiger partial charge in [-0.05, 0) is 57.7 Å². The van der Waals surface area contributed by atoms with E-state index in [0.29, 0.717) is 25.1 Å². The molecule has 1 aromatic rings. The molecule has 10 heteroatoms. The van der Waals surface area contributed by atoms with Crippen LogP contribution in [0.15, 0.2) is 24.3 Å².